The van der Waals surface area contributed by atoms with Crippen molar-refractivity contribution in [2.75, 3.05) is 0 Å². The summed E-state index contributed by atoms with van der Waals surface area (Å²) in [5, 5.41) is 3.67. The molecule has 2 rings (SSSR count). The summed E-state index contributed by atoms with van der Waals surface area (Å²) in [6, 6.07) is 1.17. The fourth-order valence-corrected chi connectivity index (χ4v) is 2.73. The summed E-state index contributed by atoms with van der Waals surface area (Å²) in [6.07, 6.45) is 3.29. The Morgan fingerprint density at radius 3 is 2.86 bits per heavy atom. The molecule has 2 nitrogen and oxygen atoms in total. The Bertz CT molecular complexity index is 283. The first kappa shape index (κ1) is 10.1. The van der Waals surface area contributed by atoms with Crippen LogP contribution in [0.3, 0.4) is 0 Å². The molecule has 0 aromatic carbocycles. The van der Waals surface area contributed by atoms with E-state index in [1.54, 1.807) is 11.3 Å². The summed E-state index contributed by atoms with van der Waals surface area (Å²) in [7, 11) is 0. The van der Waals surface area contributed by atoms with Crippen LogP contribution in [0.4, 0.5) is 0 Å². The molecule has 1 heterocycles. The van der Waals surface area contributed by atoms with Crippen LogP contribution in [0.1, 0.15) is 38.1 Å². The Labute approximate surface area is 89.8 Å². The molecule has 14 heavy (non-hydrogen) atoms. The Morgan fingerprint density at radius 1 is 1.57 bits per heavy atom. The summed E-state index contributed by atoms with van der Waals surface area (Å²) in [5.41, 5.74) is 1.90. The molecule has 1 aromatic heterocycles. The van der Waals surface area contributed by atoms with E-state index in [0.717, 1.165) is 11.8 Å². The topological polar surface area (TPSA) is 24.9 Å². The van der Waals surface area contributed by atoms with Crippen molar-refractivity contribution in [1.29, 1.82) is 0 Å². The molecule has 1 saturated carbocycles. The summed E-state index contributed by atoms with van der Waals surface area (Å²) >= 11 is 1.74. The van der Waals surface area contributed by atoms with Crippen LogP contribution < -0.4 is 5.32 Å². The van der Waals surface area contributed by atoms with Crippen molar-refractivity contribution in [2.45, 2.75) is 39.3 Å². The standard InChI is InChI=1S/C11H18N2S/c1-7-4-10(8(7)2)13-9(3)11-5-12-6-14-11/h5-10,13H,4H2,1-3H3. The van der Waals surface area contributed by atoms with Gasteiger partial charge in [-0.1, -0.05) is 13.8 Å². The van der Waals surface area contributed by atoms with Crippen LogP contribution in [0, 0.1) is 11.8 Å². The Balaban J connectivity index is 1.87. The second-order valence-electron chi connectivity index (χ2n) is 4.47. The second-order valence-corrected chi connectivity index (χ2v) is 5.39. The van der Waals surface area contributed by atoms with Gasteiger partial charge in [0.1, 0.15) is 0 Å². The van der Waals surface area contributed by atoms with Crippen LogP contribution in [0.25, 0.3) is 0 Å². The zero-order valence-corrected chi connectivity index (χ0v) is 9.84. The first-order valence-corrected chi connectivity index (χ1v) is 6.21. The molecule has 1 aliphatic carbocycles. The summed E-state index contributed by atoms with van der Waals surface area (Å²) in [5.74, 6) is 1.71. The van der Waals surface area contributed by atoms with Gasteiger partial charge in [0.15, 0.2) is 0 Å². The van der Waals surface area contributed by atoms with E-state index in [1.165, 1.54) is 11.3 Å². The Morgan fingerprint density at radius 2 is 2.36 bits per heavy atom. The molecule has 1 aromatic rings. The molecule has 1 aliphatic rings. The third-order valence-electron chi connectivity index (χ3n) is 3.50. The molecule has 0 aliphatic heterocycles. The molecule has 0 saturated heterocycles. The van der Waals surface area contributed by atoms with Crippen LogP contribution >= 0.6 is 11.3 Å². The first-order valence-electron chi connectivity index (χ1n) is 5.33. The maximum atomic E-state index is 4.11. The lowest BCUT2D eigenvalue weighted by Gasteiger charge is -2.42. The quantitative estimate of drug-likeness (QED) is 0.830. The zero-order valence-electron chi connectivity index (χ0n) is 9.03. The van der Waals surface area contributed by atoms with Crippen molar-refractivity contribution in [2.24, 2.45) is 11.8 Å². The SMILES string of the molecule is CC(NC1CC(C)C1C)c1cncs1. The maximum absolute atomic E-state index is 4.11. The third-order valence-corrected chi connectivity index (χ3v) is 4.46. The molecular formula is C11H18N2S. The lowest BCUT2D eigenvalue weighted by Crippen LogP contribution is -2.48. The highest BCUT2D eigenvalue weighted by Gasteiger charge is 2.34. The molecule has 1 fully saturated rings. The highest BCUT2D eigenvalue weighted by Crippen LogP contribution is 2.35. The normalized spacial score (nSPS) is 33.8. The predicted molar refractivity (Wildman–Crippen MR) is 60.4 cm³/mol. The van der Waals surface area contributed by atoms with Gasteiger partial charge in [0.05, 0.1) is 5.51 Å². The minimum atomic E-state index is 0.461. The van der Waals surface area contributed by atoms with E-state index in [4.69, 9.17) is 0 Å². The van der Waals surface area contributed by atoms with Crippen molar-refractivity contribution >= 4 is 11.3 Å². The van der Waals surface area contributed by atoms with Crippen molar-refractivity contribution < 1.29 is 0 Å². The van der Waals surface area contributed by atoms with Crippen molar-refractivity contribution in [3.8, 4) is 0 Å². The molecule has 1 N–H and O–H groups in total. The van der Waals surface area contributed by atoms with Crippen molar-refractivity contribution in [3.05, 3.63) is 16.6 Å². The van der Waals surface area contributed by atoms with E-state index in [1.807, 2.05) is 11.7 Å². The average molecular weight is 210 g/mol. The summed E-state index contributed by atoms with van der Waals surface area (Å²) < 4.78 is 0. The van der Waals surface area contributed by atoms with Gasteiger partial charge in [-0.15, -0.1) is 11.3 Å². The molecule has 0 amide bonds. The summed E-state index contributed by atoms with van der Waals surface area (Å²) in [4.78, 5) is 5.45. The van der Waals surface area contributed by atoms with Gasteiger partial charge in [0.2, 0.25) is 0 Å². The number of aromatic nitrogens is 1. The molecule has 4 unspecified atom stereocenters. The zero-order chi connectivity index (χ0) is 10.1. The van der Waals surface area contributed by atoms with E-state index in [-0.39, 0.29) is 0 Å². The lowest BCUT2D eigenvalue weighted by atomic mass is 9.71. The van der Waals surface area contributed by atoms with Crippen LogP contribution in [0.15, 0.2) is 11.7 Å². The van der Waals surface area contributed by atoms with Gasteiger partial charge >= 0.3 is 0 Å². The van der Waals surface area contributed by atoms with Crippen LogP contribution in [0.5, 0.6) is 0 Å². The number of thiazole rings is 1. The number of nitrogens with zero attached hydrogens (tertiary/aromatic N) is 1. The number of hydrogen-bond acceptors (Lipinski definition) is 3. The average Bonchev–Trinajstić information content (AvgIpc) is 2.69. The van der Waals surface area contributed by atoms with Crippen molar-refractivity contribution in [1.82, 2.24) is 10.3 Å². The summed E-state index contributed by atoms with van der Waals surface area (Å²) in [6.45, 7) is 6.90. The molecule has 4 atom stereocenters. The molecule has 3 heteroatoms. The monoisotopic (exact) mass is 210 g/mol. The van der Waals surface area contributed by atoms with Gasteiger partial charge < -0.3 is 5.32 Å². The van der Waals surface area contributed by atoms with E-state index in [2.05, 4.69) is 31.1 Å². The molecule has 0 bridgehead atoms. The first-order chi connectivity index (χ1) is 6.68. The smallest absolute Gasteiger partial charge is 0.0794 e. The molecule has 0 spiro atoms. The second kappa shape index (κ2) is 3.99. The minimum Gasteiger partial charge on any atom is -0.306 e. The van der Waals surface area contributed by atoms with E-state index >= 15 is 0 Å². The fourth-order valence-electron chi connectivity index (χ4n) is 2.09. The largest absolute Gasteiger partial charge is 0.306 e. The predicted octanol–water partition coefficient (Wildman–Crippen LogP) is 2.84. The van der Waals surface area contributed by atoms with Gasteiger partial charge in [0.25, 0.3) is 0 Å². The minimum absolute atomic E-state index is 0.461. The third kappa shape index (κ3) is 1.84. The number of hydrogen-bond donors (Lipinski definition) is 1. The fraction of sp³-hybridized carbons (Fsp3) is 0.727. The van der Waals surface area contributed by atoms with Gasteiger partial charge in [0, 0.05) is 23.2 Å². The lowest BCUT2D eigenvalue weighted by molar-refractivity contribution is 0.128. The number of nitrogens with one attached hydrogen (secondary N) is 1. The van der Waals surface area contributed by atoms with E-state index in [9.17, 15) is 0 Å². The highest BCUT2D eigenvalue weighted by molar-refractivity contribution is 7.09. The Kier molecular flexibility index (Phi) is 2.88. The molecular weight excluding hydrogens is 192 g/mol. The van der Waals surface area contributed by atoms with Gasteiger partial charge in [-0.25, -0.2) is 0 Å². The van der Waals surface area contributed by atoms with E-state index < -0.39 is 0 Å². The van der Waals surface area contributed by atoms with Crippen LogP contribution in [0.2, 0.25) is 0 Å². The molecule has 0 radical (unpaired) electrons. The Hall–Kier alpha value is -0.410. The molecule has 78 valence electrons. The van der Waals surface area contributed by atoms with Crippen LogP contribution in [-0.2, 0) is 0 Å². The van der Waals surface area contributed by atoms with Gasteiger partial charge in [-0.2, -0.15) is 0 Å². The van der Waals surface area contributed by atoms with Gasteiger partial charge in [-0.05, 0) is 25.2 Å². The van der Waals surface area contributed by atoms with Crippen molar-refractivity contribution in [3.63, 3.8) is 0 Å². The van der Waals surface area contributed by atoms with Gasteiger partial charge in [-0.3, -0.25) is 4.98 Å². The maximum Gasteiger partial charge on any atom is 0.0794 e. The highest BCUT2D eigenvalue weighted by atomic mass is 32.1. The van der Waals surface area contributed by atoms with Crippen LogP contribution in [-0.4, -0.2) is 11.0 Å². The number of rotatable bonds is 3. The van der Waals surface area contributed by atoms with E-state index in [0.29, 0.717) is 12.1 Å².